The van der Waals surface area contributed by atoms with Crippen molar-refractivity contribution < 1.29 is 8.42 Å². The molecule has 2 N–H and O–H groups in total. The fourth-order valence-electron chi connectivity index (χ4n) is 1.16. The summed E-state index contributed by atoms with van der Waals surface area (Å²) in [5, 5.41) is 10.2. The predicted octanol–water partition coefficient (Wildman–Crippen LogP) is -0.325. The molecule has 96 valence electrons. The third-order valence-corrected chi connectivity index (χ3v) is 3.59. The van der Waals surface area contributed by atoms with Crippen molar-refractivity contribution in [1.29, 1.82) is 0 Å². The summed E-state index contributed by atoms with van der Waals surface area (Å²) in [5.74, 6) is 0.216. The van der Waals surface area contributed by atoms with Crippen molar-refractivity contribution in [2.45, 2.75) is 6.42 Å². The van der Waals surface area contributed by atoms with E-state index in [0.717, 1.165) is 13.0 Å². The molecule has 0 fully saturated rings. The number of hydrogen-bond acceptors (Lipinski definition) is 5. The van der Waals surface area contributed by atoms with E-state index >= 15 is 0 Å². The first kappa shape index (κ1) is 13.8. The van der Waals surface area contributed by atoms with Gasteiger partial charge in [0.05, 0.1) is 0 Å². The molecule has 8 heteroatoms. The molecule has 7 nitrogen and oxygen atoms in total. The first-order valence-corrected chi connectivity index (χ1v) is 6.66. The molecule has 0 unspecified atom stereocenters. The minimum absolute atomic E-state index is 0.216. The highest BCUT2D eigenvalue weighted by molar-refractivity contribution is 7.90. The second kappa shape index (κ2) is 6.48. The average Bonchev–Trinajstić information content (AvgIpc) is 2.30. The Morgan fingerprint density at radius 2 is 2.24 bits per heavy atom. The van der Waals surface area contributed by atoms with Crippen LogP contribution in [0.25, 0.3) is 0 Å². The molecule has 17 heavy (non-hydrogen) atoms. The fraction of sp³-hybridized carbons (Fsp3) is 0.556. The largest absolute Gasteiger partial charge is 0.320 e. The number of hydrogen-bond donors (Lipinski definition) is 2. The molecule has 1 heterocycles. The summed E-state index contributed by atoms with van der Waals surface area (Å²) >= 11 is 0. The van der Waals surface area contributed by atoms with E-state index in [2.05, 4.69) is 20.2 Å². The van der Waals surface area contributed by atoms with E-state index in [1.54, 1.807) is 12.1 Å². The SMILES string of the molecule is CNCCCN(C)S(=O)(=O)Nc1cccnn1. The number of aromatic nitrogens is 2. The molecule has 0 aliphatic carbocycles. The number of nitrogens with zero attached hydrogens (tertiary/aromatic N) is 3. The van der Waals surface area contributed by atoms with Crippen LogP contribution in [0.3, 0.4) is 0 Å². The van der Waals surface area contributed by atoms with Crippen molar-refractivity contribution >= 4 is 16.0 Å². The molecule has 1 aromatic rings. The van der Waals surface area contributed by atoms with Gasteiger partial charge >= 0.3 is 10.2 Å². The van der Waals surface area contributed by atoms with Crippen LogP contribution in [-0.4, -0.2) is 50.1 Å². The molecule has 0 bridgehead atoms. The molecular weight excluding hydrogens is 242 g/mol. The Bertz CT molecular complexity index is 422. The van der Waals surface area contributed by atoms with Crippen LogP contribution in [0.15, 0.2) is 18.3 Å². The fourth-order valence-corrected chi connectivity index (χ4v) is 2.06. The first-order valence-electron chi connectivity index (χ1n) is 5.22. The molecule has 0 spiro atoms. The molecule has 0 saturated heterocycles. The van der Waals surface area contributed by atoms with Crippen molar-refractivity contribution in [1.82, 2.24) is 19.8 Å². The standard InChI is InChI=1S/C9H17N5O2S/c1-10-6-4-8-14(2)17(15,16)13-9-5-3-7-11-12-9/h3,5,7,10H,4,6,8H2,1-2H3,(H,12,13). The summed E-state index contributed by atoms with van der Waals surface area (Å²) in [7, 11) is -0.193. The molecule has 0 aliphatic heterocycles. The Morgan fingerprint density at radius 3 is 2.82 bits per heavy atom. The molecule has 1 aromatic heterocycles. The Balaban J connectivity index is 2.56. The molecule has 0 saturated carbocycles. The second-order valence-corrected chi connectivity index (χ2v) is 5.27. The van der Waals surface area contributed by atoms with Gasteiger partial charge in [-0.25, -0.2) is 0 Å². The van der Waals surface area contributed by atoms with Crippen molar-refractivity contribution in [2.75, 3.05) is 31.9 Å². The lowest BCUT2D eigenvalue weighted by molar-refractivity contribution is 0.462. The van der Waals surface area contributed by atoms with Crippen molar-refractivity contribution in [3.8, 4) is 0 Å². The maximum absolute atomic E-state index is 11.8. The van der Waals surface area contributed by atoms with Crippen molar-refractivity contribution in [2.24, 2.45) is 0 Å². The molecule has 0 amide bonds. The van der Waals surface area contributed by atoms with Gasteiger partial charge in [0.25, 0.3) is 0 Å². The highest BCUT2D eigenvalue weighted by atomic mass is 32.2. The minimum atomic E-state index is -3.54. The summed E-state index contributed by atoms with van der Waals surface area (Å²) in [5.41, 5.74) is 0. The van der Waals surface area contributed by atoms with E-state index in [0.29, 0.717) is 6.54 Å². The van der Waals surface area contributed by atoms with Gasteiger partial charge in [-0.15, -0.1) is 5.10 Å². The van der Waals surface area contributed by atoms with Gasteiger partial charge in [0.15, 0.2) is 5.82 Å². The Labute approximate surface area is 101 Å². The van der Waals surface area contributed by atoms with Gasteiger partial charge in [-0.3, -0.25) is 4.72 Å². The number of nitrogens with one attached hydrogen (secondary N) is 2. The molecule has 0 atom stereocenters. The Hall–Kier alpha value is -1.25. The van der Waals surface area contributed by atoms with Gasteiger partial charge in [-0.1, -0.05) is 0 Å². The average molecular weight is 259 g/mol. The summed E-state index contributed by atoms with van der Waals surface area (Å²) in [4.78, 5) is 0. The second-order valence-electron chi connectivity index (χ2n) is 3.49. The van der Waals surface area contributed by atoms with E-state index in [9.17, 15) is 8.42 Å². The van der Waals surface area contributed by atoms with E-state index in [1.807, 2.05) is 7.05 Å². The monoisotopic (exact) mass is 259 g/mol. The normalized spacial score (nSPS) is 11.7. The van der Waals surface area contributed by atoms with Gasteiger partial charge in [0, 0.05) is 19.8 Å². The molecule has 0 aliphatic rings. The zero-order valence-electron chi connectivity index (χ0n) is 9.92. The molecular formula is C9H17N5O2S. The summed E-state index contributed by atoms with van der Waals surface area (Å²) in [6.07, 6.45) is 2.23. The van der Waals surface area contributed by atoms with Crippen LogP contribution >= 0.6 is 0 Å². The quantitative estimate of drug-likeness (QED) is 0.655. The van der Waals surface area contributed by atoms with Gasteiger partial charge in [0.1, 0.15) is 0 Å². The smallest absolute Gasteiger partial charge is 0.302 e. The van der Waals surface area contributed by atoms with E-state index in [4.69, 9.17) is 0 Å². The van der Waals surface area contributed by atoms with Crippen LogP contribution in [0.1, 0.15) is 6.42 Å². The van der Waals surface area contributed by atoms with Crippen LogP contribution in [0, 0.1) is 0 Å². The number of anilines is 1. The van der Waals surface area contributed by atoms with Crippen LogP contribution < -0.4 is 10.0 Å². The van der Waals surface area contributed by atoms with E-state index in [1.165, 1.54) is 17.5 Å². The molecule has 1 rings (SSSR count). The van der Waals surface area contributed by atoms with Crippen LogP contribution in [-0.2, 0) is 10.2 Å². The minimum Gasteiger partial charge on any atom is -0.320 e. The lowest BCUT2D eigenvalue weighted by atomic mass is 10.4. The Morgan fingerprint density at radius 1 is 1.47 bits per heavy atom. The van der Waals surface area contributed by atoms with Crippen molar-refractivity contribution in [3.63, 3.8) is 0 Å². The molecule has 0 aromatic carbocycles. The highest BCUT2D eigenvalue weighted by Gasteiger charge is 2.17. The van der Waals surface area contributed by atoms with Crippen molar-refractivity contribution in [3.05, 3.63) is 18.3 Å². The van der Waals surface area contributed by atoms with Gasteiger partial charge in [-0.2, -0.15) is 17.8 Å². The lowest BCUT2D eigenvalue weighted by Gasteiger charge is -2.17. The lowest BCUT2D eigenvalue weighted by Crippen LogP contribution is -2.34. The predicted molar refractivity (Wildman–Crippen MR) is 65.7 cm³/mol. The van der Waals surface area contributed by atoms with Crippen LogP contribution in [0.5, 0.6) is 0 Å². The third kappa shape index (κ3) is 4.63. The van der Waals surface area contributed by atoms with Crippen LogP contribution in [0.2, 0.25) is 0 Å². The summed E-state index contributed by atoms with van der Waals surface area (Å²) < 4.78 is 27.2. The van der Waals surface area contributed by atoms with Crippen LogP contribution in [0.4, 0.5) is 5.82 Å². The van der Waals surface area contributed by atoms with E-state index < -0.39 is 10.2 Å². The van der Waals surface area contributed by atoms with E-state index in [-0.39, 0.29) is 5.82 Å². The van der Waals surface area contributed by atoms with Gasteiger partial charge < -0.3 is 5.32 Å². The third-order valence-electron chi connectivity index (χ3n) is 2.12. The summed E-state index contributed by atoms with van der Waals surface area (Å²) in [6, 6.07) is 3.16. The first-order chi connectivity index (χ1) is 8.06. The van der Waals surface area contributed by atoms with Gasteiger partial charge in [-0.05, 0) is 32.1 Å². The maximum atomic E-state index is 11.8. The number of rotatable bonds is 7. The maximum Gasteiger partial charge on any atom is 0.302 e. The zero-order valence-corrected chi connectivity index (χ0v) is 10.7. The van der Waals surface area contributed by atoms with Gasteiger partial charge in [0.2, 0.25) is 0 Å². The highest BCUT2D eigenvalue weighted by Crippen LogP contribution is 2.05. The summed E-state index contributed by atoms with van der Waals surface area (Å²) in [6.45, 7) is 1.21. The molecule has 0 radical (unpaired) electrons. The zero-order chi connectivity index (χ0) is 12.7. The topological polar surface area (TPSA) is 87.2 Å². The Kier molecular flexibility index (Phi) is 5.26.